The minimum absolute atomic E-state index is 0.0999. The van der Waals surface area contributed by atoms with Gasteiger partial charge in [0.1, 0.15) is 0 Å². The molecule has 2 N–H and O–H groups in total. The second-order valence-corrected chi connectivity index (χ2v) is 7.88. The maximum Gasteiger partial charge on any atom is 0.416 e. The molecule has 31 heavy (non-hydrogen) atoms. The predicted molar refractivity (Wildman–Crippen MR) is 116 cm³/mol. The van der Waals surface area contributed by atoms with Crippen molar-refractivity contribution in [2.75, 3.05) is 23.3 Å². The number of urea groups is 1. The van der Waals surface area contributed by atoms with Gasteiger partial charge >= 0.3 is 12.2 Å². The summed E-state index contributed by atoms with van der Waals surface area (Å²) in [5.74, 6) is 0.106. The van der Waals surface area contributed by atoms with Gasteiger partial charge in [-0.1, -0.05) is 37.6 Å². The van der Waals surface area contributed by atoms with Crippen LogP contribution in [0, 0.1) is 5.92 Å². The average Bonchev–Trinajstić information content (AvgIpc) is 2.66. The average molecular weight is 456 g/mol. The summed E-state index contributed by atoms with van der Waals surface area (Å²) in [6.07, 6.45) is -3.79. The first-order chi connectivity index (χ1) is 14.6. The fraction of sp³-hybridized carbons (Fsp3) is 0.364. The number of alkyl halides is 3. The fourth-order valence-electron chi connectivity index (χ4n) is 2.86. The SMILES string of the molecule is CC(C)CC(=O)NCCCN(C(=O)Nc1cccc(Cl)c1)c1cccc(C(F)(F)F)c1. The van der Waals surface area contributed by atoms with Gasteiger partial charge in [-0.3, -0.25) is 9.69 Å². The van der Waals surface area contributed by atoms with Crippen molar-refractivity contribution in [1.29, 1.82) is 0 Å². The smallest absolute Gasteiger partial charge is 0.356 e. The van der Waals surface area contributed by atoms with E-state index < -0.39 is 17.8 Å². The Bertz CT molecular complexity index is 904. The highest BCUT2D eigenvalue weighted by Crippen LogP contribution is 2.32. The number of rotatable bonds is 8. The highest BCUT2D eigenvalue weighted by molar-refractivity contribution is 6.30. The van der Waals surface area contributed by atoms with E-state index in [4.69, 9.17) is 11.6 Å². The number of benzene rings is 2. The zero-order valence-electron chi connectivity index (χ0n) is 17.3. The van der Waals surface area contributed by atoms with E-state index >= 15 is 0 Å². The third-order valence-electron chi connectivity index (χ3n) is 4.28. The lowest BCUT2D eigenvalue weighted by Crippen LogP contribution is -2.37. The number of carbonyl (C=O) groups excluding carboxylic acids is 2. The van der Waals surface area contributed by atoms with E-state index in [2.05, 4.69) is 10.6 Å². The van der Waals surface area contributed by atoms with E-state index in [1.165, 1.54) is 23.1 Å². The fourth-order valence-corrected chi connectivity index (χ4v) is 3.05. The van der Waals surface area contributed by atoms with Crippen molar-refractivity contribution in [2.45, 2.75) is 32.9 Å². The largest absolute Gasteiger partial charge is 0.416 e. The highest BCUT2D eigenvalue weighted by Gasteiger charge is 2.31. The Labute approximate surface area is 184 Å². The molecule has 0 fully saturated rings. The van der Waals surface area contributed by atoms with Crippen LogP contribution in [0.15, 0.2) is 48.5 Å². The molecular weight excluding hydrogens is 431 g/mol. The Morgan fingerprint density at radius 3 is 2.45 bits per heavy atom. The molecule has 2 rings (SSSR count). The first kappa shape index (κ1) is 24.5. The third-order valence-corrected chi connectivity index (χ3v) is 4.52. The molecule has 0 spiro atoms. The van der Waals surface area contributed by atoms with E-state index in [1.807, 2.05) is 13.8 Å². The predicted octanol–water partition coefficient (Wildman–Crippen LogP) is 5.95. The van der Waals surface area contributed by atoms with Crippen molar-refractivity contribution in [1.82, 2.24) is 5.32 Å². The number of halogens is 4. The third kappa shape index (κ3) is 8.13. The summed E-state index contributed by atoms with van der Waals surface area (Å²) in [6, 6.07) is 10.4. The van der Waals surface area contributed by atoms with Gasteiger partial charge in [-0.15, -0.1) is 0 Å². The summed E-state index contributed by atoms with van der Waals surface area (Å²) in [5.41, 5.74) is -0.335. The number of hydrogen-bond donors (Lipinski definition) is 2. The van der Waals surface area contributed by atoms with E-state index in [1.54, 1.807) is 18.2 Å². The van der Waals surface area contributed by atoms with Crippen LogP contribution in [0.3, 0.4) is 0 Å². The molecule has 2 aromatic carbocycles. The second kappa shape index (κ2) is 11.0. The van der Waals surface area contributed by atoms with Crippen molar-refractivity contribution in [3.05, 3.63) is 59.1 Å². The molecule has 0 radical (unpaired) electrons. The van der Waals surface area contributed by atoms with Gasteiger partial charge in [-0.25, -0.2) is 4.79 Å². The summed E-state index contributed by atoms with van der Waals surface area (Å²) < 4.78 is 39.4. The molecule has 0 heterocycles. The Balaban J connectivity index is 2.15. The first-order valence-corrected chi connectivity index (χ1v) is 10.2. The Hall–Kier alpha value is -2.74. The molecule has 0 aliphatic rings. The van der Waals surface area contributed by atoms with Crippen LogP contribution in [-0.2, 0) is 11.0 Å². The molecule has 0 unspecified atom stereocenters. The second-order valence-electron chi connectivity index (χ2n) is 7.44. The van der Waals surface area contributed by atoms with Gasteiger partial charge in [0.05, 0.1) is 5.56 Å². The van der Waals surface area contributed by atoms with Crippen molar-refractivity contribution in [2.24, 2.45) is 5.92 Å². The molecule has 0 aliphatic heterocycles. The Morgan fingerprint density at radius 1 is 1.10 bits per heavy atom. The standard InChI is InChI=1S/C22H25ClF3N3O2/c1-15(2)12-20(30)27-10-5-11-29(19-9-3-6-16(13-19)22(24,25)26)21(31)28-18-8-4-7-17(23)14-18/h3-4,6-9,13-15H,5,10-12H2,1-2H3,(H,27,30)(H,28,31). The van der Waals surface area contributed by atoms with E-state index in [-0.39, 0.29) is 24.1 Å². The summed E-state index contributed by atoms with van der Waals surface area (Å²) in [5, 5.41) is 5.82. The number of anilines is 2. The number of nitrogens with one attached hydrogen (secondary N) is 2. The van der Waals surface area contributed by atoms with Crippen molar-refractivity contribution < 1.29 is 22.8 Å². The minimum Gasteiger partial charge on any atom is -0.356 e. The minimum atomic E-state index is -4.53. The van der Waals surface area contributed by atoms with Crippen LogP contribution in [0.25, 0.3) is 0 Å². The van der Waals surface area contributed by atoms with Gasteiger partial charge in [0.15, 0.2) is 0 Å². The highest BCUT2D eigenvalue weighted by atomic mass is 35.5. The van der Waals surface area contributed by atoms with Crippen molar-refractivity contribution in [3.8, 4) is 0 Å². The molecule has 0 saturated heterocycles. The van der Waals surface area contributed by atoms with Gasteiger partial charge < -0.3 is 10.6 Å². The quantitative estimate of drug-likeness (QED) is 0.483. The first-order valence-electron chi connectivity index (χ1n) is 9.84. The maximum atomic E-state index is 13.1. The van der Waals surface area contributed by atoms with Gasteiger partial charge in [-0.05, 0) is 48.7 Å². The van der Waals surface area contributed by atoms with Crippen LogP contribution in [-0.4, -0.2) is 25.0 Å². The molecule has 2 aromatic rings. The zero-order valence-corrected chi connectivity index (χ0v) is 18.1. The Morgan fingerprint density at radius 2 is 1.81 bits per heavy atom. The van der Waals surface area contributed by atoms with E-state index in [0.29, 0.717) is 30.1 Å². The summed E-state index contributed by atoms with van der Waals surface area (Å²) in [4.78, 5) is 25.9. The number of carbonyl (C=O) groups is 2. The van der Waals surface area contributed by atoms with Crippen LogP contribution >= 0.6 is 11.6 Å². The van der Waals surface area contributed by atoms with E-state index in [0.717, 1.165) is 12.1 Å². The molecule has 5 nitrogen and oxygen atoms in total. The summed E-state index contributed by atoms with van der Waals surface area (Å²) >= 11 is 5.93. The molecule has 0 atom stereocenters. The normalized spacial score (nSPS) is 11.3. The van der Waals surface area contributed by atoms with Gasteiger partial charge in [0.2, 0.25) is 5.91 Å². The molecule has 0 aromatic heterocycles. The van der Waals surface area contributed by atoms with Crippen molar-refractivity contribution in [3.63, 3.8) is 0 Å². The Kier molecular flexibility index (Phi) is 8.74. The molecule has 168 valence electrons. The van der Waals surface area contributed by atoms with Crippen LogP contribution in [0.2, 0.25) is 5.02 Å². The lowest BCUT2D eigenvalue weighted by atomic mass is 10.1. The zero-order chi connectivity index (χ0) is 23.0. The molecule has 9 heteroatoms. The number of hydrogen-bond acceptors (Lipinski definition) is 2. The molecular formula is C22H25ClF3N3O2. The summed E-state index contributed by atoms with van der Waals surface area (Å²) in [7, 11) is 0. The molecule has 0 bridgehead atoms. The number of nitrogens with zero attached hydrogens (tertiary/aromatic N) is 1. The van der Waals surface area contributed by atoms with Crippen LogP contribution in [0.1, 0.15) is 32.3 Å². The van der Waals surface area contributed by atoms with Gasteiger partial charge in [0.25, 0.3) is 0 Å². The van der Waals surface area contributed by atoms with Crippen LogP contribution in [0.5, 0.6) is 0 Å². The molecule has 0 aliphatic carbocycles. The molecule has 3 amide bonds. The lowest BCUT2D eigenvalue weighted by molar-refractivity contribution is -0.137. The topological polar surface area (TPSA) is 61.4 Å². The summed E-state index contributed by atoms with van der Waals surface area (Å²) in [6.45, 7) is 4.26. The monoisotopic (exact) mass is 455 g/mol. The van der Waals surface area contributed by atoms with Crippen LogP contribution in [0.4, 0.5) is 29.3 Å². The maximum absolute atomic E-state index is 13.1. The van der Waals surface area contributed by atoms with Crippen LogP contribution < -0.4 is 15.5 Å². The van der Waals surface area contributed by atoms with Gasteiger partial charge in [-0.2, -0.15) is 13.2 Å². The van der Waals surface area contributed by atoms with E-state index in [9.17, 15) is 22.8 Å². The van der Waals surface area contributed by atoms with Crippen molar-refractivity contribution >= 4 is 34.9 Å². The van der Waals surface area contributed by atoms with Gasteiger partial charge in [0, 0.05) is 35.9 Å². The lowest BCUT2D eigenvalue weighted by Gasteiger charge is -2.24. The number of amides is 3. The molecule has 0 saturated carbocycles.